The first-order valence-corrected chi connectivity index (χ1v) is 8.30. The van der Waals surface area contributed by atoms with Crippen LogP contribution in [0.5, 0.6) is 0 Å². The normalized spacial score (nSPS) is 18.9. The maximum atomic E-state index is 13.0. The van der Waals surface area contributed by atoms with Gasteiger partial charge < -0.3 is 10.2 Å². The van der Waals surface area contributed by atoms with Gasteiger partial charge in [-0.3, -0.25) is 4.79 Å². The lowest BCUT2D eigenvalue weighted by Gasteiger charge is -2.35. The Morgan fingerprint density at radius 1 is 1.38 bits per heavy atom. The predicted molar refractivity (Wildman–Crippen MR) is 87.3 cm³/mol. The fourth-order valence-corrected chi connectivity index (χ4v) is 2.99. The molecule has 3 nitrogen and oxygen atoms in total. The summed E-state index contributed by atoms with van der Waals surface area (Å²) >= 11 is 0. The highest BCUT2D eigenvalue weighted by atomic mass is 16.2. The van der Waals surface area contributed by atoms with Crippen molar-refractivity contribution in [2.75, 3.05) is 13.1 Å². The summed E-state index contributed by atoms with van der Waals surface area (Å²) in [5.41, 5.74) is 2.48. The zero-order chi connectivity index (χ0) is 15.2. The number of nitrogens with one attached hydrogen (secondary N) is 1. The van der Waals surface area contributed by atoms with Crippen LogP contribution in [0, 0.1) is 0 Å². The molecule has 0 saturated heterocycles. The molecule has 0 fully saturated rings. The van der Waals surface area contributed by atoms with Crippen LogP contribution in [-0.4, -0.2) is 29.9 Å². The van der Waals surface area contributed by atoms with Crippen molar-refractivity contribution in [3.63, 3.8) is 0 Å². The average molecular weight is 288 g/mol. The summed E-state index contributed by atoms with van der Waals surface area (Å²) in [6, 6.07) is 8.48. The largest absolute Gasteiger partial charge is 0.338 e. The van der Waals surface area contributed by atoms with Gasteiger partial charge in [-0.2, -0.15) is 0 Å². The van der Waals surface area contributed by atoms with Crippen molar-refractivity contribution in [3.8, 4) is 0 Å². The number of amides is 1. The van der Waals surface area contributed by atoms with E-state index in [9.17, 15) is 4.79 Å². The number of nitrogens with zero attached hydrogens (tertiary/aromatic N) is 1. The van der Waals surface area contributed by atoms with Gasteiger partial charge in [0.1, 0.15) is 6.04 Å². The van der Waals surface area contributed by atoms with Gasteiger partial charge in [-0.05, 0) is 37.3 Å². The van der Waals surface area contributed by atoms with E-state index in [-0.39, 0.29) is 11.9 Å². The lowest BCUT2D eigenvalue weighted by molar-refractivity contribution is -0.136. The first kappa shape index (κ1) is 16.0. The van der Waals surface area contributed by atoms with E-state index in [4.69, 9.17) is 0 Å². The molecular weight excluding hydrogens is 260 g/mol. The van der Waals surface area contributed by atoms with Gasteiger partial charge in [0, 0.05) is 19.1 Å². The minimum Gasteiger partial charge on any atom is -0.338 e. The molecule has 2 atom stereocenters. The van der Waals surface area contributed by atoms with Gasteiger partial charge in [0.05, 0.1) is 0 Å². The number of fused-ring (bicyclic) bond motifs is 1. The van der Waals surface area contributed by atoms with E-state index in [1.165, 1.54) is 11.1 Å². The summed E-state index contributed by atoms with van der Waals surface area (Å²) in [5, 5.41) is 3.42. The lowest BCUT2D eigenvalue weighted by Crippen LogP contribution is -2.47. The van der Waals surface area contributed by atoms with Crippen LogP contribution in [0.25, 0.3) is 0 Å². The van der Waals surface area contributed by atoms with Crippen molar-refractivity contribution in [1.29, 1.82) is 0 Å². The second kappa shape index (κ2) is 7.60. The number of hydrogen-bond acceptors (Lipinski definition) is 2. The third kappa shape index (κ3) is 3.65. The van der Waals surface area contributed by atoms with E-state index < -0.39 is 0 Å². The van der Waals surface area contributed by atoms with E-state index in [1.807, 2.05) is 6.07 Å². The smallest absolute Gasteiger partial charge is 0.244 e. The molecule has 2 unspecified atom stereocenters. The molecule has 1 aromatic carbocycles. The molecule has 0 radical (unpaired) electrons. The van der Waals surface area contributed by atoms with Gasteiger partial charge in [-0.25, -0.2) is 0 Å². The van der Waals surface area contributed by atoms with Crippen LogP contribution in [0.1, 0.15) is 57.2 Å². The number of hydrogen-bond donors (Lipinski definition) is 1. The van der Waals surface area contributed by atoms with Crippen molar-refractivity contribution >= 4 is 5.91 Å². The van der Waals surface area contributed by atoms with E-state index in [0.717, 1.165) is 38.8 Å². The van der Waals surface area contributed by atoms with E-state index in [2.05, 4.69) is 49.2 Å². The number of rotatable bonds is 6. The quantitative estimate of drug-likeness (QED) is 0.871. The van der Waals surface area contributed by atoms with Gasteiger partial charge in [-0.15, -0.1) is 0 Å². The van der Waals surface area contributed by atoms with Crippen molar-refractivity contribution in [2.24, 2.45) is 0 Å². The Hall–Kier alpha value is -1.35. The van der Waals surface area contributed by atoms with Crippen LogP contribution >= 0.6 is 0 Å². The minimum atomic E-state index is -0.166. The molecule has 2 rings (SSSR count). The summed E-state index contributed by atoms with van der Waals surface area (Å²) in [6.45, 7) is 8.23. The molecule has 0 saturated carbocycles. The van der Waals surface area contributed by atoms with Gasteiger partial charge in [0.2, 0.25) is 5.91 Å². The van der Waals surface area contributed by atoms with Crippen molar-refractivity contribution < 1.29 is 4.79 Å². The molecule has 1 aliphatic rings. The topological polar surface area (TPSA) is 32.3 Å². The Morgan fingerprint density at radius 3 is 2.86 bits per heavy atom. The molecule has 1 amide bonds. The SMILES string of the molecule is CCCCN(C(=O)C1NCCc2ccccc21)C(C)CC. The number of unbranched alkanes of at least 4 members (excludes halogenated alkanes) is 1. The molecule has 1 N–H and O–H groups in total. The van der Waals surface area contributed by atoms with Gasteiger partial charge in [0.15, 0.2) is 0 Å². The van der Waals surface area contributed by atoms with E-state index in [1.54, 1.807) is 0 Å². The highest BCUT2D eigenvalue weighted by Gasteiger charge is 2.30. The van der Waals surface area contributed by atoms with Crippen LogP contribution in [0.4, 0.5) is 0 Å². The van der Waals surface area contributed by atoms with Crippen LogP contribution in [0.3, 0.4) is 0 Å². The Morgan fingerprint density at radius 2 is 2.14 bits per heavy atom. The molecule has 1 aromatic rings. The number of benzene rings is 1. The number of carbonyl (C=O) groups excluding carboxylic acids is 1. The van der Waals surface area contributed by atoms with Gasteiger partial charge >= 0.3 is 0 Å². The fraction of sp³-hybridized carbons (Fsp3) is 0.611. The summed E-state index contributed by atoms with van der Waals surface area (Å²) < 4.78 is 0. The van der Waals surface area contributed by atoms with E-state index >= 15 is 0 Å². The third-order valence-corrected chi connectivity index (χ3v) is 4.51. The predicted octanol–water partition coefficient (Wildman–Crippen LogP) is 3.30. The van der Waals surface area contributed by atoms with E-state index in [0.29, 0.717) is 6.04 Å². The molecule has 1 aliphatic heterocycles. The molecule has 21 heavy (non-hydrogen) atoms. The maximum absolute atomic E-state index is 13.0. The van der Waals surface area contributed by atoms with Crippen molar-refractivity contribution in [3.05, 3.63) is 35.4 Å². The maximum Gasteiger partial charge on any atom is 0.244 e. The zero-order valence-electron chi connectivity index (χ0n) is 13.6. The number of carbonyl (C=O) groups is 1. The summed E-state index contributed by atoms with van der Waals surface area (Å²) in [4.78, 5) is 15.1. The monoisotopic (exact) mass is 288 g/mol. The Bertz CT molecular complexity index is 472. The van der Waals surface area contributed by atoms with Crippen LogP contribution in [-0.2, 0) is 11.2 Å². The average Bonchev–Trinajstić information content (AvgIpc) is 2.54. The van der Waals surface area contributed by atoms with Gasteiger partial charge in [-0.1, -0.05) is 44.5 Å². The highest BCUT2D eigenvalue weighted by molar-refractivity contribution is 5.84. The Balaban J connectivity index is 2.21. The summed E-state index contributed by atoms with van der Waals surface area (Å²) in [6.07, 6.45) is 4.21. The molecule has 3 heteroatoms. The molecule has 116 valence electrons. The second-order valence-corrected chi connectivity index (χ2v) is 5.98. The van der Waals surface area contributed by atoms with Crippen molar-refractivity contribution in [1.82, 2.24) is 10.2 Å². The molecule has 0 aromatic heterocycles. The molecule has 0 aliphatic carbocycles. The third-order valence-electron chi connectivity index (χ3n) is 4.51. The first-order valence-electron chi connectivity index (χ1n) is 8.30. The minimum absolute atomic E-state index is 0.166. The highest BCUT2D eigenvalue weighted by Crippen LogP contribution is 2.25. The molecule has 0 spiro atoms. The molecular formula is C18H28N2O. The van der Waals surface area contributed by atoms with Crippen LogP contribution in [0.2, 0.25) is 0 Å². The first-order chi connectivity index (χ1) is 10.2. The van der Waals surface area contributed by atoms with Crippen LogP contribution < -0.4 is 5.32 Å². The fourth-order valence-electron chi connectivity index (χ4n) is 2.99. The lowest BCUT2D eigenvalue weighted by atomic mass is 9.93. The Kier molecular flexibility index (Phi) is 5.80. The standard InChI is InChI=1S/C18H28N2O/c1-4-6-13-20(14(3)5-2)18(21)17-16-10-8-7-9-15(16)11-12-19-17/h7-10,14,17,19H,4-6,11-13H2,1-3H3. The van der Waals surface area contributed by atoms with Gasteiger partial charge in [0.25, 0.3) is 0 Å². The summed E-state index contributed by atoms with van der Waals surface area (Å²) in [5.74, 6) is 0.241. The summed E-state index contributed by atoms with van der Waals surface area (Å²) in [7, 11) is 0. The zero-order valence-corrected chi connectivity index (χ0v) is 13.6. The molecule has 1 heterocycles. The van der Waals surface area contributed by atoms with Crippen molar-refractivity contribution in [2.45, 2.75) is 58.5 Å². The second-order valence-electron chi connectivity index (χ2n) is 5.98. The molecule has 0 bridgehead atoms. The van der Waals surface area contributed by atoms with Crippen LogP contribution in [0.15, 0.2) is 24.3 Å². The Labute approximate surface area is 128 Å².